The van der Waals surface area contributed by atoms with Gasteiger partial charge in [0.15, 0.2) is 5.82 Å². The topological polar surface area (TPSA) is 111 Å². The Bertz CT molecular complexity index is 948. The van der Waals surface area contributed by atoms with Crippen LogP contribution in [-0.2, 0) is 14.8 Å². The van der Waals surface area contributed by atoms with E-state index in [0.29, 0.717) is 43.6 Å². The van der Waals surface area contributed by atoms with Crippen LogP contribution in [0.1, 0.15) is 5.56 Å². The Morgan fingerprint density at radius 3 is 2.48 bits per heavy atom. The van der Waals surface area contributed by atoms with Gasteiger partial charge in [-0.1, -0.05) is 0 Å². The summed E-state index contributed by atoms with van der Waals surface area (Å²) in [6.45, 7) is 2.58. The average molecular weight is 388 g/mol. The summed E-state index contributed by atoms with van der Waals surface area (Å²) in [7, 11) is -0.266. The SMILES string of the molecule is CN(C)c1nc(N2CCOCC2)ncc1NS(=O)(=O)c1ccc(C#N)cc1. The molecule has 1 aliphatic heterocycles. The molecule has 1 N–H and O–H groups in total. The van der Waals surface area contributed by atoms with Gasteiger partial charge in [0, 0.05) is 27.2 Å². The van der Waals surface area contributed by atoms with E-state index in [4.69, 9.17) is 10.00 Å². The van der Waals surface area contributed by atoms with Crippen LogP contribution in [0.5, 0.6) is 0 Å². The maximum Gasteiger partial charge on any atom is 0.262 e. The summed E-state index contributed by atoms with van der Waals surface area (Å²) >= 11 is 0. The molecular formula is C17H20N6O3S. The Kier molecular flexibility index (Phi) is 5.43. The lowest BCUT2D eigenvalue weighted by Gasteiger charge is -2.28. The van der Waals surface area contributed by atoms with Crippen molar-refractivity contribution in [2.45, 2.75) is 4.90 Å². The molecular weight excluding hydrogens is 368 g/mol. The lowest BCUT2D eigenvalue weighted by atomic mass is 10.2. The maximum absolute atomic E-state index is 12.7. The van der Waals surface area contributed by atoms with Crippen molar-refractivity contribution >= 4 is 27.5 Å². The second kappa shape index (κ2) is 7.77. The van der Waals surface area contributed by atoms with E-state index in [2.05, 4.69) is 14.7 Å². The van der Waals surface area contributed by atoms with Crippen molar-refractivity contribution in [1.82, 2.24) is 9.97 Å². The molecule has 1 fully saturated rings. The minimum atomic E-state index is -3.83. The van der Waals surface area contributed by atoms with Crippen molar-refractivity contribution in [1.29, 1.82) is 5.26 Å². The van der Waals surface area contributed by atoms with Crippen molar-refractivity contribution in [2.75, 3.05) is 54.9 Å². The van der Waals surface area contributed by atoms with Gasteiger partial charge in [-0.2, -0.15) is 10.2 Å². The third-order valence-electron chi connectivity index (χ3n) is 4.01. The molecule has 1 saturated heterocycles. The van der Waals surface area contributed by atoms with Gasteiger partial charge in [0.1, 0.15) is 5.69 Å². The molecule has 3 rings (SSSR count). The van der Waals surface area contributed by atoms with Gasteiger partial charge in [-0.15, -0.1) is 0 Å². The Balaban J connectivity index is 1.89. The third kappa shape index (κ3) is 4.27. The van der Waals surface area contributed by atoms with Crippen LogP contribution in [0.15, 0.2) is 35.4 Å². The molecule has 0 aliphatic carbocycles. The highest BCUT2D eigenvalue weighted by Gasteiger charge is 2.21. The fourth-order valence-electron chi connectivity index (χ4n) is 2.60. The summed E-state index contributed by atoms with van der Waals surface area (Å²) in [6, 6.07) is 7.65. The molecule has 1 aliphatic rings. The van der Waals surface area contributed by atoms with Gasteiger partial charge < -0.3 is 14.5 Å². The van der Waals surface area contributed by atoms with E-state index < -0.39 is 10.0 Å². The van der Waals surface area contributed by atoms with Gasteiger partial charge in [0.05, 0.1) is 35.9 Å². The van der Waals surface area contributed by atoms with Gasteiger partial charge >= 0.3 is 0 Å². The molecule has 0 spiro atoms. The van der Waals surface area contributed by atoms with E-state index in [9.17, 15) is 8.42 Å². The summed E-state index contributed by atoms with van der Waals surface area (Å²) in [5.74, 6) is 0.993. The van der Waals surface area contributed by atoms with E-state index in [1.165, 1.54) is 30.5 Å². The standard InChI is InChI=1S/C17H20N6O3S/c1-22(2)16-15(12-19-17(20-16)23-7-9-26-10-8-23)21-27(24,25)14-5-3-13(11-18)4-6-14/h3-6,12,21H,7-10H2,1-2H3. The van der Waals surface area contributed by atoms with Gasteiger partial charge in [-0.3, -0.25) is 4.72 Å². The van der Waals surface area contributed by atoms with Crippen LogP contribution in [0.2, 0.25) is 0 Å². The van der Waals surface area contributed by atoms with Crippen LogP contribution in [-0.4, -0.2) is 58.8 Å². The number of nitrogens with one attached hydrogen (secondary N) is 1. The van der Waals surface area contributed by atoms with Crippen LogP contribution >= 0.6 is 0 Å². The molecule has 0 bridgehead atoms. The van der Waals surface area contributed by atoms with Crippen LogP contribution in [0.3, 0.4) is 0 Å². The minimum absolute atomic E-state index is 0.0588. The fourth-order valence-corrected chi connectivity index (χ4v) is 3.65. The number of aromatic nitrogens is 2. The molecule has 2 aromatic rings. The molecule has 1 aromatic carbocycles. The zero-order valence-electron chi connectivity index (χ0n) is 15.1. The molecule has 0 radical (unpaired) electrons. The number of nitriles is 1. The second-order valence-corrected chi connectivity index (χ2v) is 7.83. The van der Waals surface area contributed by atoms with Crippen LogP contribution in [0.4, 0.5) is 17.5 Å². The zero-order chi connectivity index (χ0) is 19.4. The zero-order valence-corrected chi connectivity index (χ0v) is 15.9. The molecule has 2 heterocycles. The van der Waals surface area contributed by atoms with E-state index in [1.54, 1.807) is 19.0 Å². The first-order valence-corrected chi connectivity index (χ1v) is 9.79. The first kappa shape index (κ1) is 18.9. The van der Waals surface area contributed by atoms with Gasteiger partial charge in [-0.05, 0) is 24.3 Å². The molecule has 27 heavy (non-hydrogen) atoms. The largest absolute Gasteiger partial charge is 0.378 e. The van der Waals surface area contributed by atoms with Gasteiger partial charge in [0.25, 0.3) is 10.0 Å². The van der Waals surface area contributed by atoms with E-state index in [-0.39, 0.29) is 10.6 Å². The van der Waals surface area contributed by atoms with Crippen LogP contribution in [0, 0.1) is 11.3 Å². The molecule has 0 unspecified atom stereocenters. The van der Waals surface area contributed by atoms with Crippen molar-refractivity contribution < 1.29 is 13.2 Å². The number of rotatable bonds is 5. The number of benzene rings is 1. The first-order valence-electron chi connectivity index (χ1n) is 8.31. The highest BCUT2D eigenvalue weighted by atomic mass is 32.2. The number of hydrogen-bond donors (Lipinski definition) is 1. The number of nitrogens with zero attached hydrogens (tertiary/aromatic N) is 5. The minimum Gasteiger partial charge on any atom is -0.378 e. The predicted molar refractivity (Wildman–Crippen MR) is 101 cm³/mol. The smallest absolute Gasteiger partial charge is 0.262 e. The number of ether oxygens (including phenoxy) is 1. The number of morpholine rings is 1. The van der Waals surface area contributed by atoms with Crippen molar-refractivity contribution in [3.8, 4) is 6.07 Å². The van der Waals surface area contributed by atoms with E-state index >= 15 is 0 Å². The molecule has 10 heteroatoms. The van der Waals surface area contributed by atoms with E-state index in [1.807, 2.05) is 11.0 Å². The monoisotopic (exact) mass is 388 g/mol. The van der Waals surface area contributed by atoms with Crippen molar-refractivity contribution in [3.63, 3.8) is 0 Å². The summed E-state index contributed by atoms with van der Waals surface area (Å²) in [4.78, 5) is 12.6. The van der Waals surface area contributed by atoms with Crippen LogP contribution < -0.4 is 14.5 Å². The number of anilines is 3. The number of sulfonamides is 1. The predicted octanol–water partition coefficient (Wildman–Crippen LogP) is 1.05. The summed E-state index contributed by atoms with van der Waals surface area (Å²) in [6.07, 6.45) is 1.47. The lowest BCUT2D eigenvalue weighted by molar-refractivity contribution is 0.122. The van der Waals surface area contributed by atoms with Gasteiger partial charge in [-0.25, -0.2) is 13.4 Å². The fraction of sp³-hybridized carbons (Fsp3) is 0.353. The molecule has 142 valence electrons. The van der Waals surface area contributed by atoms with Gasteiger partial charge in [0.2, 0.25) is 5.95 Å². The molecule has 1 aromatic heterocycles. The second-order valence-electron chi connectivity index (χ2n) is 6.14. The average Bonchev–Trinajstić information content (AvgIpc) is 2.68. The lowest BCUT2D eigenvalue weighted by Crippen LogP contribution is -2.37. The van der Waals surface area contributed by atoms with E-state index in [0.717, 1.165) is 0 Å². The summed E-state index contributed by atoms with van der Waals surface area (Å²) in [5, 5.41) is 8.85. The highest BCUT2D eigenvalue weighted by molar-refractivity contribution is 7.92. The molecule has 9 nitrogen and oxygen atoms in total. The Morgan fingerprint density at radius 2 is 1.89 bits per heavy atom. The van der Waals surface area contributed by atoms with Crippen LogP contribution in [0.25, 0.3) is 0 Å². The van der Waals surface area contributed by atoms with Crippen molar-refractivity contribution in [3.05, 3.63) is 36.0 Å². The highest BCUT2D eigenvalue weighted by Crippen LogP contribution is 2.26. The third-order valence-corrected chi connectivity index (χ3v) is 5.39. The molecule has 0 saturated carbocycles. The van der Waals surface area contributed by atoms with Crippen molar-refractivity contribution in [2.24, 2.45) is 0 Å². The normalized spacial score (nSPS) is 14.5. The quantitative estimate of drug-likeness (QED) is 0.809. The Labute approximate surface area is 158 Å². The Morgan fingerprint density at radius 1 is 1.22 bits per heavy atom. The summed E-state index contributed by atoms with van der Waals surface area (Å²) in [5.41, 5.74) is 0.669. The first-order chi connectivity index (χ1) is 12.9. The molecule has 0 atom stereocenters. The summed E-state index contributed by atoms with van der Waals surface area (Å²) < 4.78 is 33.2. The Hall–Kier alpha value is -2.90. The number of hydrogen-bond acceptors (Lipinski definition) is 8. The molecule has 0 amide bonds. The maximum atomic E-state index is 12.7.